The Hall–Kier alpha value is -1.30. The molecule has 0 aliphatic heterocycles. The number of hydrogen-bond acceptors (Lipinski definition) is 0. The summed E-state index contributed by atoms with van der Waals surface area (Å²) in [5, 5.41) is 0. The Morgan fingerprint density at radius 1 is 1.21 bits per heavy atom. The van der Waals surface area contributed by atoms with Gasteiger partial charge >= 0.3 is 0 Å². The van der Waals surface area contributed by atoms with Crippen LogP contribution in [0.2, 0.25) is 0 Å². The molecule has 0 saturated heterocycles. The van der Waals surface area contributed by atoms with Crippen molar-refractivity contribution in [1.82, 2.24) is 0 Å². The lowest BCUT2D eigenvalue weighted by Gasteiger charge is -2.13. The molecular formula is C14H17. The molecule has 0 aliphatic carbocycles. The second kappa shape index (κ2) is 5.43. The first kappa shape index (κ1) is 10.8. The molecule has 0 N–H and O–H groups in total. The van der Waals surface area contributed by atoms with Crippen LogP contribution in [0.1, 0.15) is 24.5 Å². The van der Waals surface area contributed by atoms with Crippen molar-refractivity contribution < 1.29 is 0 Å². The SMILES string of the molecule is C=CC[C](C)c1ccccc1CC=C. The van der Waals surface area contributed by atoms with E-state index in [0.29, 0.717) is 0 Å². The van der Waals surface area contributed by atoms with Crippen molar-refractivity contribution in [3.05, 3.63) is 66.6 Å². The number of rotatable bonds is 5. The second-order valence-electron chi connectivity index (χ2n) is 3.42. The Morgan fingerprint density at radius 3 is 2.57 bits per heavy atom. The molecule has 1 rings (SSSR count). The van der Waals surface area contributed by atoms with Crippen molar-refractivity contribution in [3.63, 3.8) is 0 Å². The summed E-state index contributed by atoms with van der Waals surface area (Å²) < 4.78 is 0. The maximum absolute atomic E-state index is 3.77. The summed E-state index contributed by atoms with van der Waals surface area (Å²) in [5.41, 5.74) is 2.69. The van der Waals surface area contributed by atoms with Gasteiger partial charge in [-0.3, -0.25) is 0 Å². The molecule has 0 amide bonds. The van der Waals surface area contributed by atoms with Gasteiger partial charge in [0.15, 0.2) is 0 Å². The van der Waals surface area contributed by atoms with E-state index in [2.05, 4.69) is 44.3 Å². The zero-order chi connectivity index (χ0) is 10.4. The molecule has 1 aromatic rings. The van der Waals surface area contributed by atoms with Crippen LogP contribution in [-0.4, -0.2) is 0 Å². The van der Waals surface area contributed by atoms with Gasteiger partial charge in [-0.25, -0.2) is 0 Å². The summed E-state index contributed by atoms with van der Waals surface area (Å²) >= 11 is 0. The monoisotopic (exact) mass is 185 g/mol. The highest BCUT2D eigenvalue weighted by Crippen LogP contribution is 2.22. The molecule has 0 aliphatic rings. The van der Waals surface area contributed by atoms with E-state index in [9.17, 15) is 0 Å². The highest BCUT2D eigenvalue weighted by Gasteiger charge is 2.07. The predicted octanol–water partition coefficient (Wildman–Crippen LogP) is 3.93. The zero-order valence-corrected chi connectivity index (χ0v) is 8.79. The summed E-state index contributed by atoms with van der Waals surface area (Å²) in [6.07, 6.45) is 5.78. The van der Waals surface area contributed by atoms with Crippen molar-refractivity contribution >= 4 is 0 Å². The van der Waals surface area contributed by atoms with Gasteiger partial charge in [0.25, 0.3) is 0 Å². The van der Waals surface area contributed by atoms with Crippen LogP contribution in [0.25, 0.3) is 0 Å². The lowest BCUT2D eigenvalue weighted by Crippen LogP contribution is -1.98. The van der Waals surface area contributed by atoms with Crippen LogP contribution < -0.4 is 0 Å². The van der Waals surface area contributed by atoms with E-state index in [1.165, 1.54) is 17.0 Å². The Balaban J connectivity index is 2.92. The lowest BCUT2D eigenvalue weighted by atomic mass is 9.92. The van der Waals surface area contributed by atoms with Gasteiger partial charge in [-0.15, -0.1) is 13.2 Å². The van der Waals surface area contributed by atoms with Gasteiger partial charge < -0.3 is 0 Å². The smallest absolute Gasteiger partial charge is 0.00591 e. The molecule has 0 heteroatoms. The summed E-state index contributed by atoms with van der Waals surface area (Å²) in [6, 6.07) is 8.47. The van der Waals surface area contributed by atoms with E-state index in [4.69, 9.17) is 0 Å². The van der Waals surface area contributed by atoms with Crippen molar-refractivity contribution in [3.8, 4) is 0 Å². The molecule has 0 unspecified atom stereocenters. The zero-order valence-electron chi connectivity index (χ0n) is 8.79. The molecule has 0 atom stereocenters. The van der Waals surface area contributed by atoms with Crippen LogP contribution >= 0.6 is 0 Å². The minimum absolute atomic E-state index is 0.935. The minimum Gasteiger partial charge on any atom is -0.103 e. The van der Waals surface area contributed by atoms with Gasteiger partial charge in [0, 0.05) is 5.92 Å². The van der Waals surface area contributed by atoms with Crippen LogP contribution in [0.15, 0.2) is 49.6 Å². The van der Waals surface area contributed by atoms with Gasteiger partial charge in [-0.1, -0.05) is 43.3 Å². The maximum Gasteiger partial charge on any atom is 0.00591 e. The topological polar surface area (TPSA) is 0 Å². The average molecular weight is 185 g/mol. The summed E-state index contributed by atoms with van der Waals surface area (Å²) in [5.74, 6) is 1.37. The molecule has 14 heavy (non-hydrogen) atoms. The maximum atomic E-state index is 3.77. The van der Waals surface area contributed by atoms with Crippen LogP contribution in [0.3, 0.4) is 0 Å². The minimum atomic E-state index is 0.935. The first-order valence-corrected chi connectivity index (χ1v) is 4.92. The third-order valence-electron chi connectivity index (χ3n) is 2.29. The quantitative estimate of drug-likeness (QED) is 0.610. The van der Waals surface area contributed by atoms with Crippen molar-refractivity contribution in [2.45, 2.75) is 19.8 Å². The molecule has 0 fully saturated rings. The molecule has 0 saturated carbocycles. The number of benzene rings is 1. The highest BCUT2D eigenvalue weighted by molar-refractivity contribution is 5.39. The number of hydrogen-bond donors (Lipinski definition) is 0. The lowest BCUT2D eigenvalue weighted by molar-refractivity contribution is 1.01. The first-order chi connectivity index (χ1) is 6.79. The molecule has 0 aromatic heterocycles. The molecule has 0 heterocycles. The molecule has 0 bridgehead atoms. The second-order valence-corrected chi connectivity index (χ2v) is 3.42. The summed E-state index contributed by atoms with van der Waals surface area (Å²) in [7, 11) is 0. The van der Waals surface area contributed by atoms with Gasteiger partial charge in [0.05, 0.1) is 0 Å². The fourth-order valence-electron chi connectivity index (χ4n) is 1.60. The fourth-order valence-corrected chi connectivity index (χ4v) is 1.60. The highest BCUT2D eigenvalue weighted by atomic mass is 14.1. The van der Waals surface area contributed by atoms with Gasteiger partial charge in [-0.05, 0) is 24.0 Å². The predicted molar refractivity (Wildman–Crippen MR) is 63.2 cm³/mol. The van der Waals surface area contributed by atoms with Crippen LogP contribution in [0.4, 0.5) is 0 Å². The van der Waals surface area contributed by atoms with E-state index < -0.39 is 0 Å². The van der Waals surface area contributed by atoms with E-state index in [-0.39, 0.29) is 0 Å². The molecule has 73 valence electrons. The third kappa shape index (κ3) is 2.59. The van der Waals surface area contributed by atoms with Gasteiger partial charge in [0.2, 0.25) is 0 Å². The first-order valence-electron chi connectivity index (χ1n) is 4.92. The summed E-state index contributed by atoms with van der Waals surface area (Å²) in [4.78, 5) is 0. The molecule has 0 spiro atoms. The van der Waals surface area contributed by atoms with E-state index in [1.807, 2.05) is 12.2 Å². The third-order valence-corrected chi connectivity index (χ3v) is 2.29. The molecular weight excluding hydrogens is 168 g/mol. The number of allylic oxidation sites excluding steroid dienone is 2. The molecule has 1 aromatic carbocycles. The Morgan fingerprint density at radius 2 is 1.93 bits per heavy atom. The van der Waals surface area contributed by atoms with Gasteiger partial charge in [-0.2, -0.15) is 0 Å². The van der Waals surface area contributed by atoms with Crippen LogP contribution in [-0.2, 0) is 6.42 Å². The van der Waals surface area contributed by atoms with Crippen molar-refractivity contribution in [2.24, 2.45) is 0 Å². The summed E-state index contributed by atoms with van der Waals surface area (Å²) in [6.45, 7) is 9.69. The van der Waals surface area contributed by atoms with Crippen molar-refractivity contribution in [2.75, 3.05) is 0 Å². The Bertz CT molecular complexity index is 310. The standard InChI is InChI=1S/C14H17/c1-4-8-12(3)14-11-7-6-10-13(14)9-5-2/h4-7,10-11H,1-2,8-9H2,3H3. The van der Waals surface area contributed by atoms with E-state index in [1.54, 1.807) is 0 Å². The van der Waals surface area contributed by atoms with E-state index >= 15 is 0 Å². The van der Waals surface area contributed by atoms with Crippen LogP contribution in [0, 0.1) is 5.92 Å². The largest absolute Gasteiger partial charge is 0.103 e. The van der Waals surface area contributed by atoms with Gasteiger partial charge in [0.1, 0.15) is 0 Å². The van der Waals surface area contributed by atoms with E-state index in [0.717, 1.165) is 12.8 Å². The Labute approximate surface area is 87.0 Å². The van der Waals surface area contributed by atoms with Crippen molar-refractivity contribution in [1.29, 1.82) is 0 Å². The fraction of sp³-hybridized carbons (Fsp3) is 0.214. The molecule has 1 radical (unpaired) electrons. The van der Waals surface area contributed by atoms with Crippen LogP contribution in [0.5, 0.6) is 0 Å². The normalized spacial score (nSPS) is 10.1. The average Bonchev–Trinajstić information content (AvgIpc) is 2.19. The Kier molecular flexibility index (Phi) is 4.18. The molecule has 0 nitrogen and oxygen atoms in total.